The Morgan fingerprint density at radius 1 is 1.25 bits per heavy atom. The number of thiophene rings is 1. The number of aromatic nitrogens is 2. The first kappa shape index (κ1) is 22.8. The van der Waals surface area contributed by atoms with Gasteiger partial charge in [-0.1, -0.05) is 35.0 Å². The van der Waals surface area contributed by atoms with E-state index in [1.807, 2.05) is 5.38 Å². The zero-order valence-electron chi connectivity index (χ0n) is 16.7. The van der Waals surface area contributed by atoms with E-state index in [1.165, 1.54) is 45.9 Å². The molecule has 12 heteroatoms. The van der Waals surface area contributed by atoms with Crippen molar-refractivity contribution in [1.82, 2.24) is 19.8 Å². The number of amidine groups is 1. The first-order valence-electron chi connectivity index (χ1n) is 9.52. The van der Waals surface area contributed by atoms with E-state index >= 15 is 0 Å². The van der Waals surface area contributed by atoms with Crippen LogP contribution in [0.1, 0.15) is 6.42 Å². The fourth-order valence-electron chi connectivity index (χ4n) is 3.14. The molecule has 3 heterocycles. The molecule has 166 valence electrons. The van der Waals surface area contributed by atoms with Crippen molar-refractivity contribution in [2.24, 2.45) is 4.99 Å². The highest BCUT2D eigenvalue weighted by molar-refractivity contribution is 8.15. The van der Waals surface area contributed by atoms with Gasteiger partial charge in [0.1, 0.15) is 10.1 Å². The largest absolute Gasteiger partial charge is 0.359 e. The summed E-state index contributed by atoms with van der Waals surface area (Å²) < 4.78 is 1.46. The third-order valence-electron chi connectivity index (χ3n) is 4.81. The number of hydrogen-bond donors (Lipinski definition) is 1. The van der Waals surface area contributed by atoms with Crippen LogP contribution in [0.25, 0.3) is 10.2 Å². The molecule has 2 aromatic heterocycles. The van der Waals surface area contributed by atoms with Gasteiger partial charge in [-0.05, 0) is 29.6 Å². The molecular weight excluding hydrogens is 493 g/mol. The summed E-state index contributed by atoms with van der Waals surface area (Å²) in [5.41, 5.74) is 0.284. The average Bonchev–Trinajstić information content (AvgIpc) is 3.35. The number of nitrogens with zero attached hydrogens (tertiary/aromatic N) is 4. The van der Waals surface area contributed by atoms with Crippen molar-refractivity contribution < 1.29 is 9.59 Å². The first-order valence-corrected chi connectivity index (χ1v) is 12.0. The Hall–Kier alpha value is -2.40. The predicted octanol–water partition coefficient (Wildman–Crippen LogP) is 3.53. The second-order valence-corrected chi connectivity index (χ2v) is 9.75. The van der Waals surface area contributed by atoms with E-state index in [4.69, 9.17) is 23.2 Å². The number of rotatable bonds is 6. The third-order valence-corrected chi connectivity index (χ3v) is 7.34. The summed E-state index contributed by atoms with van der Waals surface area (Å²) >= 11 is 14.8. The monoisotopic (exact) mass is 509 g/mol. The second kappa shape index (κ2) is 9.62. The van der Waals surface area contributed by atoms with Gasteiger partial charge in [0.2, 0.25) is 11.8 Å². The Morgan fingerprint density at radius 3 is 2.81 bits per heavy atom. The Kier molecular flexibility index (Phi) is 6.85. The molecule has 3 aromatic rings. The van der Waals surface area contributed by atoms with Crippen molar-refractivity contribution in [1.29, 1.82) is 0 Å². The van der Waals surface area contributed by atoms with Gasteiger partial charge in [0.25, 0.3) is 5.56 Å². The topological polar surface area (TPSA) is 96.7 Å². The quantitative estimate of drug-likeness (QED) is 0.548. The SMILES string of the molecule is CNC(=O)CC1SC(=Nc2ccc(Cl)cc2Cl)N(CCn2cnc3sccc3c2=O)C1=O. The highest BCUT2D eigenvalue weighted by Crippen LogP contribution is 2.34. The maximum atomic E-state index is 13.1. The zero-order chi connectivity index (χ0) is 22.8. The number of nitrogens with one attached hydrogen (secondary N) is 1. The lowest BCUT2D eigenvalue weighted by Crippen LogP contribution is -2.37. The van der Waals surface area contributed by atoms with Gasteiger partial charge in [-0.15, -0.1) is 11.3 Å². The summed E-state index contributed by atoms with van der Waals surface area (Å²) in [5, 5.41) is 5.50. The second-order valence-electron chi connectivity index (χ2n) is 6.85. The fraction of sp³-hybridized carbons (Fsp3) is 0.250. The molecule has 1 aliphatic rings. The summed E-state index contributed by atoms with van der Waals surface area (Å²) in [6.07, 6.45) is 1.50. The van der Waals surface area contributed by atoms with Gasteiger partial charge in [0.05, 0.1) is 22.4 Å². The number of carbonyl (C=O) groups excluding carboxylic acids is 2. The Morgan fingerprint density at radius 2 is 2.06 bits per heavy atom. The third kappa shape index (κ3) is 4.68. The molecule has 0 radical (unpaired) electrons. The smallest absolute Gasteiger partial charge is 0.262 e. The van der Waals surface area contributed by atoms with Crippen LogP contribution in [0.2, 0.25) is 10.0 Å². The summed E-state index contributed by atoms with van der Waals surface area (Å²) in [6.45, 7) is 0.418. The molecule has 0 saturated carbocycles. The maximum Gasteiger partial charge on any atom is 0.262 e. The number of amides is 2. The summed E-state index contributed by atoms with van der Waals surface area (Å²) in [4.78, 5) is 48.6. The van der Waals surface area contributed by atoms with E-state index in [1.54, 1.807) is 24.3 Å². The predicted molar refractivity (Wildman–Crippen MR) is 129 cm³/mol. The normalized spacial score (nSPS) is 17.5. The number of thioether (sulfide) groups is 1. The molecule has 2 amide bonds. The van der Waals surface area contributed by atoms with Crippen molar-refractivity contribution in [3.8, 4) is 0 Å². The Labute approximate surface area is 201 Å². The van der Waals surface area contributed by atoms with Crippen LogP contribution in [0.4, 0.5) is 5.69 Å². The first-order chi connectivity index (χ1) is 15.4. The van der Waals surface area contributed by atoms with Crippen LogP contribution in [-0.2, 0) is 16.1 Å². The molecule has 1 aromatic carbocycles. The van der Waals surface area contributed by atoms with Crippen LogP contribution in [-0.4, -0.2) is 50.3 Å². The minimum atomic E-state index is -0.617. The van der Waals surface area contributed by atoms with Crippen molar-refractivity contribution >= 4 is 79.2 Å². The van der Waals surface area contributed by atoms with Gasteiger partial charge in [-0.3, -0.25) is 23.9 Å². The minimum Gasteiger partial charge on any atom is -0.359 e. The molecular formula is C20H17Cl2N5O3S2. The maximum absolute atomic E-state index is 13.1. The van der Waals surface area contributed by atoms with Crippen LogP contribution < -0.4 is 10.9 Å². The van der Waals surface area contributed by atoms with E-state index in [9.17, 15) is 14.4 Å². The molecule has 1 saturated heterocycles. The number of halogens is 2. The van der Waals surface area contributed by atoms with Crippen molar-refractivity contribution in [2.45, 2.75) is 18.2 Å². The Bertz CT molecular complexity index is 1290. The van der Waals surface area contributed by atoms with Crippen LogP contribution in [0, 0.1) is 0 Å². The van der Waals surface area contributed by atoms with E-state index in [2.05, 4.69) is 15.3 Å². The van der Waals surface area contributed by atoms with Gasteiger partial charge >= 0.3 is 0 Å². The number of benzene rings is 1. The summed E-state index contributed by atoms with van der Waals surface area (Å²) in [6, 6.07) is 6.61. The lowest BCUT2D eigenvalue weighted by Gasteiger charge is -2.17. The van der Waals surface area contributed by atoms with Gasteiger partial charge in [0, 0.05) is 31.6 Å². The van der Waals surface area contributed by atoms with Crippen LogP contribution in [0.5, 0.6) is 0 Å². The molecule has 1 N–H and O–H groups in total. The lowest BCUT2D eigenvalue weighted by molar-refractivity contribution is -0.129. The highest BCUT2D eigenvalue weighted by atomic mass is 35.5. The van der Waals surface area contributed by atoms with Gasteiger partial charge in [0.15, 0.2) is 5.17 Å². The molecule has 0 bridgehead atoms. The van der Waals surface area contributed by atoms with Crippen LogP contribution >= 0.6 is 46.3 Å². The van der Waals surface area contributed by atoms with E-state index in [0.717, 1.165) is 0 Å². The van der Waals surface area contributed by atoms with Crippen LogP contribution in [0.15, 0.2) is 45.8 Å². The van der Waals surface area contributed by atoms with Gasteiger partial charge in [-0.2, -0.15) is 0 Å². The molecule has 1 fully saturated rings. The lowest BCUT2D eigenvalue weighted by atomic mass is 10.2. The Balaban J connectivity index is 1.62. The molecule has 1 unspecified atom stereocenters. The van der Waals surface area contributed by atoms with Crippen molar-refractivity contribution in [3.63, 3.8) is 0 Å². The van der Waals surface area contributed by atoms with Crippen molar-refractivity contribution in [3.05, 3.63) is 56.4 Å². The molecule has 0 aliphatic carbocycles. The summed E-state index contributed by atoms with van der Waals surface area (Å²) in [7, 11) is 1.52. The van der Waals surface area contributed by atoms with Crippen molar-refractivity contribution in [2.75, 3.05) is 13.6 Å². The molecule has 1 atom stereocenters. The van der Waals surface area contributed by atoms with E-state index in [-0.39, 0.29) is 36.9 Å². The van der Waals surface area contributed by atoms with Gasteiger partial charge in [-0.25, -0.2) is 9.98 Å². The molecule has 32 heavy (non-hydrogen) atoms. The fourth-order valence-corrected chi connectivity index (χ4v) is 5.49. The average molecular weight is 510 g/mol. The van der Waals surface area contributed by atoms with Crippen LogP contribution in [0.3, 0.4) is 0 Å². The minimum absolute atomic E-state index is 0.0201. The number of fused-ring (bicyclic) bond motifs is 1. The highest BCUT2D eigenvalue weighted by Gasteiger charge is 2.39. The van der Waals surface area contributed by atoms with E-state index < -0.39 is 5.25 Å². The summed E-state index contributed by atoms with van der Waals surface area (Å²) in [5.74, 6) is -0.495. The molecule has 4 rings (SSSR count). The number of hydrogen-bond acceptors (Lipinski definition) is 7. The molecule has 8 nitrogen and oxygen atoms in total. The van der Waals surface area contributed by atoms with Gasteiger partial charge < -0.3 is 5.32 Å². The number of aliphatic imine (C=N–C) groups is 1. The zero-order valence-corrected chi connectivity index (χ0v) is 19.9. The van der Waals surface area contributed by atoms with E-state index in [0.29, 0.717) is 31.1 Å². The number of carbonyl (C=O) groups is 2. The molecule has 1 aliphatic heterocycles. The molecule has 0 spiro atoms. The standard InChI is InChI=1S/C20H17Cl2N5O3S2/c1-23-16(28)9-15-19(30)27(20(32-15)25-14-3-2-11(21)8-13(14)22)6-5-26-10-24-17-12(18(26)29)4-7-31-17/h2-4,7-8,10,15H,5-6,9H2,1H3,(H,23,28).